The van der Waals surface area contributed by atoms with Gasteiger partial charge >= 0.3 is 6.09 Å². The molecular formula is C9H18N2O2. The van der Waals surface area contributed by atoms with E-state index in [9.17, 15) is 4.79 Å². The summed E-state index contributed by atoms with van der Waals surface area (Å²) < 4.78 is 4.69. The van der Waals surface area contributed by atoms with Crippen LogP contribution in [0.3, 0.4) is 0 Å². The van der Waals surface area contributed by atoms with E-state index in [1.807, 2.05) is 7.05 Å². The molecule has 1 heterocycles. The zero-order valence-electron chi connectivity index (χ0n) is 8.54. The van der Waals surface area contributed by atoms with E-state index in [1.165, 1.54) is 7.11 Å². The fourth-order valence-electron chi connectivity index (χ4n) is 1.84. The third-order valence-electron chi connectivity index (χ3n) is 2.50. The molecule has 1 rings (SSSR count). The molecule has 2 unspecified atom stereocenters. The maximum atomic E-state index is 11.2. The van der Waals surface area contributed by atoms with Crippen molar-refractivity contribution in [3.05, 3.63) is 0 Å². The van der Waals surface area contributed by atoms with Gasteiger partial charge in [0.1, 0.15) is 0 Å². The molecule has 0 aromatic carbocycles. The van der Waals surface area contributed by atoms with E-state index in [1.54, 1.807) is 4.90 Å². The molecule has 76 valence electrons. The lowest BCUT2D eigenvalue weighted by Gasteiger charge is -2.35. The molecule has 0 radical (unpaired) electrons. The molecule has 1 fully saturated rings. The highest BCUT2D eigenvalue weighted by molar-refractivity contribution is 5.67. The molecule has 0 aliphatic carbocycles. The summed E-state index contributed by atoms with van der Waals surface area (Å²) in [5.74, 6) is 0.547. The number of piperidine rings is 1. The molecule has 2 atom stereocenters. The van der Waals surface area contributed by atoms with Crippen molar-refractivity contribution in [1.29, 1.82) is 0 Å². The van der Waals surface area contributed by atoms with E-state index >= 15 is 0 Å². The van der Waals surface area contributed by atoms with E-state index in [4.69, 9.17) is 4.74 Å². The summed E-state index contributed by atoms with van der Waals surface area (Å²) in [4.78, 5) is 13.0. The zero-order chi connectivity index (χ0) is 9.84. The van der Waals surface area contributed by atoms with E-state index in [-0.39, 0.29) is 6.09 Å². The van der Waals surface area contributed by atoms with Crippen LogP contribution in [0.5, 0.6) is 0 Å². The highest BCUT2D eigenvalue weighted by atomic mass is 16.5. The topological polar surface area (TPSA) is 41.6 Å². The first-order valence-corrected chi connectivity index (χ1v) is 4.67. The molecule has 0 bridgehead atoms. The number of likely N-dealkylation sites (N-methyl/N-ethyl adjacent to an activating group) is 1. The Bertz CT molecular complexity index is 184. The normalized spacial score (nSPS) is 28.7. The first-order chi connectivity index (χ1) is 6.17. The number of nitrogens with one attached hydrogen (secondary N) is 1. The molecule has 0 aromatic rings. The predicted octanol–water partition coefficient (Wildman–Crippen LogP) is 0.683. The maximum Gasteiger partial charge on any atom is 0.409 e. The minimum absolute atomic E-state index is 0.216. The van der Waals surface area contributed by atoms with Crippen molar-refractivity contribution in [3.63, 3.8) is 0 Å². The number of rotatable bonds is 1. The summed E-state index contributed by atoms with van der Waals surface area (Å²) in [7, 11) is 3.36. The summed E-state index contributed by atoms with van der Waals surface area (Å²) in [6, 6.07) is 0.405. The molecular weight excluding hydrogens is 168 g/mol. The van der Waals surface area contributed by atoms with Gasteiger partial charge in [-0.15, -0.1) is 0 Å². The van der Waals surface area contributed by atoms with Crippen LogP contribution >= 0.6 is 0 Å². The van der Waals surface area contributed by atoms with Gasteiger partial charge < -0.3 is 15.0 Å². The van der Waals surface area contributed by atoms with Crippen LogP contribution in [0.15, 0.2) is 0 Å². The number of methoxy groups -OCH3 is 1. The van der Waals surface area contributed by atoms with Gasteiger partial charge in [-0.3, -0.25) is 0 Å². The fourth-order valence-corrected chi connectivity index (χ4v) is 1.84. The van der Waals surface area contributed by atoms with E-state index in [2.05, 4.69) is 12.2 Å². The van der Waals surface area contributed by atoms with Crippen molar-refractivity contribution in [2.45, 2.75) is 19.4 Å². The third-order valence-corrected chi connectivity index (χ3v) is 2.50. The maximum absolute atomic E-state index is 11.2. The largest absolute Gasteiger partial charge is 0.453 e. The predicted molar refractivity (Wildman–Crippen MR) is 50.6 cm³/mol. The average Bonchev–Trinajstić information content (AvgIpc) is 2.15. The molecule has 1 amide bonds. The molecule has 4 nitrogen and oxygen atoms in total. The Kier molecular flexibility index (Phi) is 3.54. The van der Waals surface area contributed by atoms with Crippen molar-refractivity contribution in [2.75, 3.05) is 27.2 Å². The summed E-state index contributed by atoms with van der Waals surface area (Å²) in [5, 5.41) is 3.19. The minimum Gasteiger partial charge on any atom is -0.453 e. The average molecular weight is 186 g/mol. The third kappa shape index (κ3) is 2.59. The molecule has 0 saturated carbocycles. The Morgan fingerprint density at radius 1 is 1.54 bits per heavy atom. The second-order valence-electron chi connectivity index (χ2n) is 3.70. The molecule has 13 heavy (non-hydrogen) atoms. The summed E-state index contributed by atoms with van der Waals surface area (Å²) >= 11 is 0. The van der Waals surface area contributed by atoms with E-state index in [0.29, 0.717) is 12.0 Å². The van der Waals surface area contributed by atoms with Crippen LogP contribution in [-0.4, -0.2) is 44.3 Å². The van der Waals surface area contributed by atoms with Crippen LogP contribution in [0.4, 0.5) is 4.79 Å². The van der Waals surface area contributed by atoms with Gasteiger partial charge in [-0.25, -0.2) is 4.79 Å². The van der Waals surface area contributed by atoms with Crippen molar-refractivity contribution < 1.29 is 9.53 Å². The molecule has 1 aliphatic rings. The first-order valence-electron chi connectivity index (χ1n) is 4.67. The van der Waals surface area contributed by atoms with Crippen molar-refractivity contribution in [2.24, 2.45) is 5.92 Å². The number of nitrogens with zero attached hydrogens (tertiary/aromatic N) is 1. The van der Waals surface area contributed by atoms with Gasteiger partial charge in [-0.05, 0) is 19.4 Å². The van der Waals surface area contributed by atoms with Crippen LogP contribution in [0, 0.1) is 5.92 Å². The van der Waals surface area contributed by atoms with Crippen molar-refractivity contribution in [3.8, 4) is 0 Å². The highest BCUT2D eigenvalue weighted by Crippen LogP contribution is 2.16. The lowest BCUT2D eigenvalue weighted by atomic mass is 9.96. The van der Waals surface area contributed by atoms with Gasteiger partial charge in [-0.1, -0.05) is 6.92 Å². The van der Waals surface area contributed by atoms with Crippen LogP contribution in [0.2, 0.25) is 0 Å². The molecule has 1 aliphatic heterocycles. The zero-order valence-corrected chi connectivity index (χ0v) is 8.54. The smallest absolute Gasteiger partial charge is 0.409 e. The van der Waals surface area contributed by atoms with E-state index in [0.717, 1.165) is 19.5 Å². The van der Waals surface area contributed by atoms with Gasteiger partial charge in [0, 0.05) is 19.1 Å². The quantitative estimate of drug-likeness (QED) is 0.655. The van der Waals surface area contributed by atoms with Crippen LogP contribution in [0.1, 0.15) is 13.3 Å². The number of carbonyl (C=O) groups is 1. The lowest BCUT2D eigenvalue weighted by molar-refractivity contribution is 0.0952. The Balaban J connectivity index is 2.51. The number of likely N-dealkylation sites (tertiary alicyclic amines) is 1. The number of amides is 1. The van der Waals surface area contributed by atoms with E-state index < -0.39 is 0 Å². The molecule has 1 saturated heterocycles. The number of carbonyl (C=O) groups excluding carboxylic acids is 1. The second kappa shape index (κ2) is 4.46. The Labute approximate surface area is 79.2 Å². The molecule has 4 heteroatoms. The minimum atomic E-state index is -0.216. The van der Waals surface area contributed by atoms with Crippen LogP contribution in [-0.2, 0) is 4.74 Å². The van der Waals surface area contributed by atoms with Crippen LogP contribution < -0.4 is 5.32 Å². The number of ether oxygens (including phenoxy) is 1. The lowest BCUT2D eigenvalue weighted by Crippen LogP contribution is -2.49. The molecule has 0 spiro atoms. The fraction of sp³-hybridized carbons (Fsp3) is 0.889. The van der Waals surface area contributed by atoms with Gasteiger partial charge in [0.25, 0.3) is 0 Å². The van der Waals surface area contributed by atoms with Gasteiger partial charge in [-0.2, -0.15) is 0 Å². The molecule has 1 N–H and O–H groups in total. The van der Waals surface area contributed by atoms with Crippen molar-refractivity contribution >= 4 is 6.09 Å². The van der Waals surface area contributed by atoms with Crippen LogP contribution in [0.25, 0.3) is 0 Å². The standard InChI is InChI=1S/C9H18N2O2/c1-7-4-8(10-2)6-11(5-7)9(12)13-3/h7-8,10H,4-6H2,1-3H3. The number of hydrogen-bond acceptors (Lipinski definition) is 3. The van der Waals surface area contributed by atoms with Gasteiger partial charge in [0.2, 0.25) is 0 Å². The Morgan fingerprint density at radius 3 is 2.77 bits per heavy atom. The Morgan fingerprint density at radius 2 is 2.23 bits per heavy atom. The summed E-state index contributed by atoms with van der Waals surface area (Å²) in [6.07, 6.45) is 0.913. The summed E-state index contributed by atoms with van der Waals surface area (Å²) in [6.45, 7) is 3.72. The van der Waals surface area contributed by atoms with Gasteiger partial charge in [0.05, 0.1) is 7.11 Å². The van der Waals surface area contributed by atoms with Crippen molar-refractivity contribution in [1.82, 2.24) is 10.2 Å². The Hall–Kier alpha value is -0.770. The van der Waals surface area contributed by atoms with Gasteiger partial charge in [0.15, 0.2) is 0 Å². The number of hydrogen-bond donors (Lipinski definition) is 1. The molecule has 0 aromatic heterocycles. The highest BCUT2D eigenvalue weighted by Gasteiger charge is 2.27. The monoisotopic (exact) mass is 186 g/mol. The second-order valence-corrected chi connectivity index (χ2v) is 3.70. The SMILES string of the molecule is CNC1CC(C)CN(C(=O)OC)C1. The summed E-state index contributed by atoms with van der Waals surface area (Å²) in [5.41, 5.74) is 0. The first kappa shape index (κ1) is 10.3.